The SMILES string of the molecule is Cc1cc(C)c2n[nH]c(-c3ccc(O)c(NC=O)c3)c2c1. The van der Waals surface area contributed by atoms with E-state index in [9.17, 15) is 9.90 Å². The average molecular weight is 281 g/mol. The number of aryl methyl sites for hydroxylation is 2. The van der Waals surface area contributed by atoms with Gasteiger partial charge in [0.2, 0.25) is 6.41 Å². The van der Waals surface area contributed by atoms with Crippen LogP contribution in [0.3, 0.4) is 0 Å². The molecule has 0 aliphatic heterocycles. The number of hydrogen-bond donors (Lipinski definition) is 3. The minimum Gasteiger partial charge on any atom is -0.506 e. The number of nitrogens with zero attached hydrogens (tertiary/aromatic N) is 1. The van der Waals surface area contributed by atoms with Gasteiger partial charge in [0.1, 0.15) is 5.75 Å². The van der Waals surface area contributed by atoms with Crippen LogP contribution in [-0.2, 0) is 4.79 Å². The number of carbonyl (C=O) groups is 1. The van der Waals surface area contributed by atoms with E-state index in [1.165, 1.54) is 0 Å². The van der Waals surface area contributed by atoms with Crippen molar-refractivity contribution in [2.75, 3.05) is 5.32 Å². The van der Waals surface area contributed by atoms with Crippen LogP contribution < -0.4 is 5.32 Å². The number of nitrogens with one attached hydrogen (secondary N) is 2. The molecule has 0 unspecified atom stereocenters. The van der Waals surface area contributed by atoms with Crippen LogP contribution in [0.4, 0.5) is 5.69 Å². The standard InChI is InChI=1S/C16H15N3O2/c1-9-5-10(2)15-12(6-9)16(19-18-15)11-3-4-14(21)13(7-11)17-8-20/h3-8,21H,1-2H3,(H,17,20)(H,18,19). The molecule has 5 nitrogen and oxygen atoms in total. The molecule has 1 heterocycles. The van der Waals surface area contributed by atoms with Gasteiger partial charge < -0.3 is 10.4 Å². The zero-order chi connectivity index (χ0) is 15.0. The molecule has 0 aliphatic rings. The lowest BCUT2D eigenvalue weighted by Gasteiger charge is -2.06. The Bertz CT molecular complexity index is 837. The summed E-state index contributed by atoms with van der Waals surface area (Å²) in [4.78, 5) is 10.6. The van der Waals surface area contributed by atoms with Crippen molar-refractivity contribution in [1.82, 2.24) is 10.2 Å². The predicted octanol–water partition coefficient (Wildman–Crippen LogP) is 3.12. The van der Waals surface area contributed by atoms with Gasteiger partial charge in [0.15, 0.2) is 0 Å². The second-order valence-corrected chi connectivity index (χ2v) is 5.07. The molecule has 0 spiro atoms. The van der Waals surface area contributed by atoms with Crippen molar-refractivity contribution in [3.63, 3.8) is 0 Å². The topological polar surface area (TPSA) is 78.0 Å². The first-order chi connectivity index (χ1) is 10.1. The van der Waals surface area contributed by atoms with E-state index in [0.29, 0.717) is 12.1 Å². The predicted molar refractivity (Wildman–Crippen MR) is 82.4 cm³/mol. The fourth-order valence-electron chi connectivity index (χ4n) is 2.56. The van der Waals surface area contributed by atoms with Gasteiger partial charge >= 0.3 is 0 Å². The molecule has 0 bridgehead atoms. The van der Waals surface area contributed by atoms with E-state index in [-0.39, 0.29) is 5.75 Å². The van der Waals surface area contributed by atoms with Gasteiger partial charge in [-0.15, -0.1) is 0 Å². The molecule has 2 aromatic carbocycles. The molecule has 0 radical (unpaired) electrons. The van der Waals surface area contributed by atoms with E-state index in [0.717, 1.165) is 33.3 Å². The number of hydrogen-bond acceptors (Lipinski definition) is 3. The molecular formula is C16H15N3O2. The minimum atomic E-state index is 0.0297. The Morgan fingerprint density at radius 1 is 1.24 bits per heavy atom. The van der Waals surface area contributed by atoms with Crippen LogP contribution in [0.5, 0.6) is 5.75 Å². The number of aromatic amines is 1. The third-order valence-electron chi connectivity index (χ3n) is 3.49. The molecule has 1 amide bonds. The third-order valence-corrected chi connectivity index (χ3v) is 3.49. The van der Waals surface area contributed by atoms with Gasteiger partial charge in [0.05, 0.1) is 16.9 Å². The van der Waals surface area contributed by atoms with Crippen LogP contribution in [0, 0.1) is 13.8 Å². The molecule has 0 fully saturated rings. The first kappa shape index (κ1) is 13.2. The molecule has 0 aliphatic carbocycles. The Morgan fingerprint density at radius 2 is 2.05 bits per heavy atom. The summed E-state index contributed by atoms with van der Waals surface area (Å²) in [6.07, 6.45) is 0.540. The van der Waals surface area contributed by atoms with Crippen LogP contribution in [0.1, 0.15) is 11.1 Å². The number of anilines is 1. The molecule has 0 atom stereocenters. The highest BCUT2D eigenvalue weighted by molar-refractivity contribution is 5.96. The van der Waals surface area contributed by atoms with Crippen molar-refractivity contribution >= 4 is 23.0 Å². The summed E-state index contributed by atoms with van der Waals surface area (Å²) in [6, 6.07) is 9.21. The van der Waals surface area contributed by atoms with Crippen molar-refractivity contribution in [3.05, 3.63) is 41.5 Å². The van der Waals surface area contributed by atoms with Gasteiger partial charge in [-0.1, -0.05) is 11.6 Å². The highest BCUT2D eigenvalue weighted by atomic mass is 16.3. The van der Waals surface area contributed by atoms with Crippen LogP contribution >= 0.6 is 0 Å². The molecule has 1 aromatic heterocycles. The van der Waals surface area contributed by atoms with Crippen molar-refractivity contribution in [3.8, 4) is 17.0 Å². The Hall–Kier alpha value is -2.82. The van der Waals surface area contributed by atoms with E-state index in [1.807, 2.05) is 13.8 Å². The molecule has 21 heavy (non-hydrogen) atoms. The molecular weight excluding hydrogens is 266 g/mol. The Morgan fingerprint density at radius 3 is 2.81 bits per heavy atom. The van der Waals surface area contributed by atoms with Crippen molar-refractivity contribution in [2.24, 2.45) is 0 Å². The number of rotatable bonds is 3. The number of aromatic nitrogens is 2. The average Bonchev–Trinajstić information content (AvgIpc) is 2.85. The van der Waals surface area contributed by atoms with Gasteiger partial charge in [-0.3, -0.25) is 9.89 Å². The summed E-state index contributed by atoms with van der Waals surface area (Å²) in [5.41, 5.74) is 5.28. The maximum atomic E-state index is 10.6. The maximum absolute atomic E-state index is 10.6. The van der Waals surface area contributed by atoms with Gasteiger partial charge in [-0.05, 0) is 43.7 Å². The summed E-state index contributed by atoms with van der Waals surface area (Å²) in [5.74, 6) is 0.0297. The van der Waals surface area contributed by atoms with Crippen LogP contribution in [-0.4, -0.2) is 21.7 Å². The van der Waals surface area contributed by atoms with E-state index < -0.39 is 0 Å². The number of H-pyrrole nitrogens is 1. The van der Waals surface area contributed by atoms with Crippen LogP contribution in [0.2, 0.25) is 0 Å². The van der Waals surface area contributed by atoms with Crippen LogP contribution in [0.25, 0.3) is 22.2 Å². The highest BCUT2D eigenvalue weighted by Crippen LogP contribution is 2.33. The monoisotopic (exact) mass is 281 g/mol. The second kappa shape index (κ2) is 4.94. The molecule has 3 rings (SSSR count). The quantitative estimate of drug-likeness (QED) is 0.510. The molecule has 106 valence electrons. The van der Waals surface area contributed by atoms with Gasteiger partial charge in [0, 0.05) is 10.9 Å². The molecule has 0 saturated carbocycles. The summed E-state index contributed by atoms with van der Waals surface area (Å²) in [5, 5.41) is 20.6. The lowest BCUT2D eigenvalue weighted by molar-refractivity contribution is -0.105. The first-order valence-corrected chi connectivity index (χ1v) is 6.59. The zero-order valence-electron chi connectivity index (χ0n) is 11.8. The summed E-state index contributed by atoms with van der Waals surface area (Å²) in [7, 11) is 0. The number of phenols is 1. The van der Waals surface area contributed by atoms with E-state index in [4.69, 9.17) is 0 Å². The zero-order valence-corrected chi connectivity index (χ0v) is 11.8. The number of fused-ring (bicyclic) bond motifs is 1. The summed E-state index contributed by atoms with van der Waals surface area (Å²) < 4.78 is 0. The number of carbonyl (C=O) groups excluding carboxylic acids is 1. The number of phenolic OH excluding ortho intramolecular Hbond substituents is 1. The second-order valence-electron chi connectivity index (χ2n) is 5.07. The van der Waals surface area contributed by atoms with Gasteiger partial charge in [-0.25, -0.2) is 0 Å². The third kappa shape index (κ3) is 2.23. The molecule has 5 heteroatoms. The lowest BCUT2D eigenvalue weighted by atomic mass is 10.0. The van der Waals surface area contributed by atoms with Gasteiger partial charge in [0.25, 0.3) is 0 Å². The Kier molecular flexibility index (Phi) is 3.10. The van der Waals surface area contributed by atoms with Crippen molar-refractivity contribution < 1.29 is 9.90 Å². The van der Waals surface area contributed by atoms with Crippen molar-refractivity contribution in [1.29, 1.82) is 0 Å². The van der Waals surface area contributed by atoms with Crippen LogP contribution in [0.15, 0.2) is 30.3 Å². The lowest BCUT2D eigenvalue weighted by Crippen LogP contribution is -1.94. The largest absolute Gasteiger partial charge is 0.506 e. The number of amides is 1. The molecule has 3 aromatic rings. The Balaban J connectivity index is 2.21. The fourth-order valence-corrected chi connectivity index (χ4v) is 2.56. The summed E-state index contributed by atoms with van der Waals surface area (Å²) >= 11 is 0. The van der Waals surface area contributed by atoms with E-state index in [2.05, 4.69) is 27.6 Å². The minimum absolute atomic E-state index is 0.0297. The Labute approximate surface area is 121 Å². The highest BCUT2D eigenvalue weighted by Gasteiger charge is 2.12. The van der Waals surface area contributed by atoms with Crippen molar-refractivity contribution in [2.45, 2.75) is 13.8 Å². The number of aromatic hydroxyl groups is 1. The molecule has 3 N–H and O–H groups in total. The maximum Gasteiger partial charge on any atom is 0.211 e. The van der Waals surface area contributed by atoms with E-state index >= 15 is 0 Å². The smallest absolute Gasteiger partial charge is 0.211 e. The summed E-state index contributed by atoms with van der Waals surface area (Å²) in [6.45, 7) is 4.07. The molecule has 0 saturated heterocycles. The van der Waals surface area contributed by atoms with E-state index in [1.54, 1.807) is 18.2 Å². The first-order valence-electron chi connectivity index (χ1n) is 6.59. The fraction of sp³-hybridized carbons (Fsp3) is 0.125. The van der Waals surface area contributed by atoms with Gasteiger partial charge in [-0.2, -0.15) is 5.10 Å². The normalized spacial score (nSPS) is 10.8. The number of benzene rings is 2.